The quantitative estimate of drug-likeness (QED) is 0.752. The summed E-state index contributed by atoms with van der Waals surface area (Å²) in [5, 5.41) is 0. The van der Waals surface area contributed by atoms with Crippen LogP contribution in [0.4, 0.5) is 5.95 Å². The number of anilines is 1. The molecule has 0 atom stereocenters. The molecule has 0 unspecified atom stereocenters. The highest BCUT2D eigenvalue weighted by Gasteiger charge is 2.16. The summed E-state index contributed by atoms with van der Waals surface area (Å²) in [6.07, 6.45) is 3.87. The second-order valence-corrected chi connectivity index (χ2v) is 5.29. The van der Waals surface area contributed by atoms with E-state index in [-0.39, 0.29) is 0 Å². The molecule has 112 valence electrons. The number of hydrogen-bond donors (Lipinski definition) is 0. The Morgan fingerprint density at radius 2 is 2.20 bits per heavy atom. The van der Waals surface area contributed by atoms with Crippen LogP contribution in [0.2, 0.25) is 0 Å². The van der Waals surface area contributed by atoms with Crippen LogP contribution in [0.25, 0.3) is 0 Å². The van der Waals surface area contributed by atoms with Gasteiger partial charge in [-0.15, -0.1) is 11.6 Å². The summed E-state index contributed by atoms with van der Waals surface area (Å²) in [7, 11) is 0. The van der Waals surface area contributed by atoms with E-state index in [1.807, 2.05) is 6.07 Å². The zero-order chi connectivity index (χ0) is 14.2. The van der Waals surface area contributed by atoms with Gasteiger partial charge in [-0.1, -0.05) is 6.92 Å². The van der Waals surface area contributed by atoms with Crippen molar-refractivity contribution in [2.45, 2.75) is 19.8 Å². The van der Waals surface area contributed by atoms with Crippen LogP contribution in [0.3, 0.4) is 0 Å². The Morgan fingerprint density at radius 3 is 3.00 bits per heavy atom. The molecule has 0 aromatic carbocycles. The van der Waals surface area contributed by atoms with Gasteiger partial charge in [-0.25, -0.2) is 4.98 Å². The van der Waals surface area contributed by atoms with E-state index in [2.05, 4.69) is 26.7 Å². The summed E-state index contributed by atoms with van der Waals surface area (Å²) in [5.41, 5.74) is 0. The fraction of sp³-hybridized carbons (Fsp3) is 0.714. The molecule has 2 heterocycles. The van der Waals surface area contributed by atoms with Gasteiger partial charge in [-0.05, 0) is 19.4 Å². The Kier molecular flexibility index (Phi) is 6.33. The topological polar surface area (TPSA) is 41.5 Å². The lowest BCUT2D eigenvalue weighted by Gasteiger charge is -2.21. The summed E-state index contributed by atoms with van der Waals surface area (Å²) in [6, 6.07) is 1.82. The fourth-order valence-corrected chi connectivity index (χ4v) is 2.52. The zero-order valence-electron chi connectivity index (χ0n) is 12.1. The predicted molar refractivity (Wildman–Crippen MR) is 81.8 cm³/mol. The number of ether oxygens (including phenoxy) is 1. The molecule has 0 radical (unpaired) electrons. The highest BCUT2D eigenvalue weighted by Crippen LogP contribution is 2.15. The highest BCUT2D eigenvalue weighted by molar-refractivity contribution is 6.18. The smallest absolute Gasteiger partial charge is 0.228 e. The van der Waals surface area contributed by atoms with Gasteiger partial charge in [0.05, 0.1) is 6.61 Å². The summed E-state index contributed by atoms with van der Waals surface area (Å²) in [5.74, 6) is 2.13. The normalized spacial score (nSPS) is 17.0. The fourth-order valence-electron chi connectivity index (χ4n) is 2.29. The van der Waals surface area contributed by atoms with E-state index in [1.54, 1.807) is 6.20 Å². The van der Waals surface area contributed by atoms with E-state index >= 15 is 0 Å². The Balaban J connectivity index is 1.96. The van der Waals surface area contributed by atoms with Crippen molar-refractivity contribution in [3.63, 3.8) is 0 Å². The first kappa shape index (κ1) is 15.3. The van der Waals surface area contributed by atoms with Gasteiger partial charge in [-0.3, -0.25) is 0 Å². The SMILES string of the molecule is CCCOc1ccnc(N2CCCN(CCCl)CC2)n1. The molecule has 6 heteroatoms. The molecule has 5 nitrogen and oxygen atoms in total. The second kappa shape index (κ2) is 8.27. The molecular weight excluding hydrogens is 276 g/mol. The lowest BCUT2D eigenvalue weighted by molar-refractivity contribution is 0.304. The van der Waals surface area contributed by atoms with Crippen LogP contribution in [0.5, 0.6) is 5.88 Å². The van der Waals surface area contributed by atoms with Crippen LogP contribution < -0.4 is 9.64 Å². The average molecular weight is 299 g/mol. The monoisotopic (exact) mass is 298 g/mol. The Hall–Kier alpha value is -1.07. The Labute approximate surface area is 125 Å². The third-order valence-electron chi connectivity index (χ3n) is 3.34. The van der Waals surface area contributed by atoms with Gasteiger partial charge in [0.1, 0.15) is 0 Å². The number of nitrogens with zero attached hydrogens (tertiary/aromatic N) is 4. The van der Waals surface area contributed by atoms with E-state index in [0.29, 0.717) is 18.4 Å². The van der Waals surface area contributed by atoms with Crippen LogP contribution in [-0.4, -0.2) is 60.1 Å². The molecule has 20 heavy (non-hydrogen) atoms. The lowest BCUT2D eigenvalue weighted by atomic mass is 10.4. The van der Waals surface area contributed by atoms with Gasteiger partial charge in [0.15, 0.2) is 0 Å². The third-order valence-corrected chi connectivity index (χ3v) is 3.51. The van der Waals surface area contributed by atoms with Crippen LogP contribution in [0, 0.1) is 0 Å². The maximum Gasteiger partial charge on any atom is 0.228 e. The summed E-state index contributed by atoms with van der Waals surface area (Å²) < 4.78 is 5.57. The maximum absolute atomic E-state index is 5.81. The molecule has 0 aliphatic carbocycles. The second-order valence-electron chi connectivity index (χ2n) is 4.91. The minimum absolute atomic E-state index is 0.665. The first-order chi connectivity index (χ1) is 9.83. The standard InChI is InChI=1S/C14H23ClN4O/c1-2-12-20-13-4-6-16-14(17-13)19-8-3-7-18(9-5-15)10-11-19/h4,6H,2-3,5,7-12H2,1H3. The summed E-state index contributed by atoms with van der Waals surface area (Å²) in [4.78, 5) is 13.5. The molecule has 0 N–H and O–H groups in total. The van der Waals surface area contributed by atoms with Gasteiger partial charge in [0, 0.05) is 44.3 Å². The van der Waals surface area contributed by atoms with Crippen molar-refractivity contribution in [1.29, 1.82) is 0 Å². The van der Waals surface area contributed by atoms with E-state index in [4.69, 9.17) is 16.3 Å². The molecule has 1 saturated heterocycles. The maximum atomic E-state index is 5.81. The van der Waals surface area contributed by atoms with E-state index < -0.39 is 0 Å². The van der Waals surface area contributed by atoms with Gasteiger partial charge < -0.3 is 14.5 Å². The number of aromatic nitrogens is 2. The van der Waals surface area contributed by atoms with Crippen molar-refractivity contribution in [2.75, 3.05) is 50.1 Å². The van der Waals surface area contributed by atoms with Crippen LogP contribution in [-0.2, 0) is 0 Å². The highest BCUT2D eigenvalue weighted by atomic mass is 35.5. The van der Waals surface area contributed by atoms with Crippen molar-refractivity contribution < 1.29 is 4.74 Å². The van der Waals surface area contributed by atoms with Crippen molar-refractivity contribution in [2.24, 2.45) is 0 Å². The van der Waals surface area contributed by atoms with Crippen LogP contribution in [0.1, 0.15) is 19.8 Å². The van der Waals surface area contributed by atoms with Gasteiger partial charge in [0.25, 0.3) is 0 Å². The summed E-state index contributed by atoms with van der Waals surface area (Å²) in [6.45, 7) is 7.76. The number of alkyl halides is 1. The number of hydrogen-bond acceptors (Lipinski definition) is 5. The molecule has 0 spiro atoms. The molecule has 0 saturated carbocycles. The molecule has 2 rings (SSSR count). The molecular formula is C14H23ClN4O. The van der Waals surface area contributed by atoms with Crippen LogP contribution in [0.15, 0.2) is 12.3 Å². The molecule has 1 aliphatic heterocycles. The van der Waals surface area contributed by atoms with Crippen molar-refractivity contribution in [3.8, 4) is 5.88 Å². The average Bonchev–Trinajstić information content (AvgIpc) is 2.72. The molecule has 1 fully saturated rings. The third kappa shape index (κ3) is 4.49. The first-order valence-corrected chi connectivity index (χ1v) is 7.86. The number of halogens is 1. The largest absolute Gasteiger partial charge is 0.478 e. The van der Waals surface area contributed by atoms with Gasteiger partial charge >= 0.3 is 0 Å². The van der Waals surface area contributed by atoms with Crippen molar-refractivity contribution in [1.82, 2.24) is 14.9 Å². The molecule has 0 bridgehead atoms. The summed E-state index contributed by atoms with van der Waals surface area (Å²) >= 11 is 5.81. The predicted octanol–water partition coefficient (Wildman–Crippen LogP) is 2.02. The molecule has 1 aromatic heterocycles. The number of rotatable bonds is 6. The molecule has 0 amide bonds. The zero-order valence-corrected chi connectivity index (χ0v) is 12.8. The molecule has 1 aliphatic rings. The first-order valence-electron chi connectivity index (χ1n) is 7.32. The van der Waals surface area contributed by atoms with Crippen LogP contribution >= 0.6 is 11.6 Å². The van der Waals surface area contributed by atoms with Gasteiger partial charge in [-0.2, -0.15) is 4.98 Å². The van der Waals surface area contributed by atoms with Crippen molar-refractivity contribution >= 4 is 17.5 Å². The van der Waals surface area contributed by atoms with Gasteiger partial charge in [0.2, 0.25) is 11.8 Å². The lowest BCUT2D eigenvalue weighted by Crippen LogP contribution is -2.32. The Morgan fingerprint density at radius 1 is 1.30 bits per heavy atom. The van der Waals surface area contributed by atoms with Crippen molar-refractivity contribution in [3.05, 3.63) is 12.3 Å². The van der Waals surface area contributed by atoms with E-state index in [0.717, 1.165) is 51.5 Å². The minimum atomic E-state index is 0.665. The Bertz CT molecular complexity index is 405. The molecule has 1 aromatic rings. The minimum Gasteiger partial charge on any atom is -0.478 e. The van der Waals surface area contributed by atoms with E-state index in [1.165, 1.54) is 0 Å². The van der Waals surface area contributed by atoms with E-state index in [9.17, 15) is 0 Å².